The highest BCUT2D eigenvalue weighted by Gasteiger charge is 2.27. The fourth-order valence-electron chi connectivity index (χ4n) is 2.63. The third-order valence-corrected chi connectivity index (χ3v) is 3.69. The lowest BCUT2D eigenvalue weighted by Gasteiger charge is -2.21. The molecular formula is C16H24F2N4O. The van der Waals surface area contributed by atoms with E-state index in [9.17, 15) is 8.78 Å². The van der Waals surface area contributed by atoms with E-state index >= 15 is 0 Å². The van der Waals surface area contributed by atoms with Crippen LogP contribution in [0.4, 0.5) is 14.5 Å². The minimum absolute atomic E-state index is 0.0538. The zero-order chi connectivity index (χ0) is 16.7. The molecule has 1 unspecified atom stereocenters. The topological polar surface area (TPSA) is 48.9 Å². The van der Waals surface area contributed by atoms with Gasteiger partial charge in [0.1, 0.15) is 17.3 Å². The van der Waals surface area contributed by atoms with Crippen LogP contribution in [0.3, 0.4) is 0 Å². The monoisotopic (exact) mass is 326 g/mol. The predicted octanol–water partition coefficient (Wildman–Crippen LogP) is 1.74. The van der Waals surface area contributed by atoms with Crippen molar-refractivity contribution in [3.05, 3.63) is 29.8 Å². The molecule has 0 radical (unpaired) electrons. The summed E-state index contributed by atoms with van der Waals surface area (Å²) in [5.41, 5.74) is 0.0538. The van der Waals surface area contributed by atoms with Crippen LogP contribution in [-0.2, 0) is 4.74 Å². The summed E-state index contributed by atoms with van der Waals surface area (Å²) in [7, 11) is 1.63. The third-order valence-electron chi connectivity index (χ3n) is 3.69. The van der Waals surface area contributed by atoms with E-state index in [0.717, 1.165) is 13.0 Å². The van der Waals surface area contributed by atoms with Gasteiger partial charge in [-0.25, -0.2) is 8.78 Å². The Hall–Kier alpha value is -1.89. The fourth-order valence-corrected chi connectivity index (χ4v) is 2.63. The van der Waals surface area contributed by atoms with E-state index in [4.69, 9.17) is 4.74 Å². The molecule has 1 aliphatic heterocycles. The molecule has 5 nitrogen and oxygen atoms in total. The van der Waals surface area contributed by atoms with Crippen LogP contribution in [0.25, 0.3) is 0 Å². The van der Waals surface area contributed by atoms with Crippen LogP contribution < -0.4 is 15.5 Å². The lowest BCUT2D eigenvalue weighted by Crippen LogP contribution is -2.44. The van der Waals surface area contributed by atoms with Crippen LogP contribution in [0.5, 0.6) is 0 Å². The number of hydrogen-bond donors (Lipinski definition) is 2. The summed E-state index contributed by atoms with van der Waals surface area (Å²) in [6.07, 6.45) is 0.794. The van der Waals surface area contributed by atoms with Gasteiger partial charge in [0.25, 0.3) is 0 Å². The van der Waals surface area contributed by atoms with Gasteiger partial charge in [0, 0.05) is 32.8 Å². The zero-order valence-corrected chi connectivity index (χ0v) is 13.6. The van der Waals surface area contributed by atoms with Gasteiger partial charge < -0.3 is 20.3 Å². The number of nitrogens with zero attached hydrogens (tertiary/aromatic N) is 2. The summed E-state index contributed by atoms with van der Waals surface area (Å²) in [4.78, 5) is 6.14. The van der Waals surface area contributed by atoms with E-state index in [1.165, 1.54) is 18.2 Å². The highest BCUT2D eigenvalue weighted by molar-refractivity contribution is 5.80. The van der Waals surface area contributed by atoms with Crippen LogP contribution in [0.2, 0.25) is 0 Å². The summed E-state index contributed by atoms with van der Waals surface area (Å²) in [6.45, 7) is 4.98. The summed E-state index contributed by atoms with van der Waals surface area (Å²) in [6, 6.07) is 4.05. The number of methoxy groups -OCH3 is 1. The van der Waals surface area contributed by atoms with Gasteiger partial charge in [-0.2, -0.15) is 0 Å². The summed E-state index contributed by atoms with van der Waals surface area (Å²) in [5.74, 6) is -0.344. The summed E-state index contributed by atoms with van der Waals surface area (Å²) in [5, 5.41) is 6.47. The van der Waals surface area contributed by atoms with Gasteiger partial charge in [0.15, 0.2) is 5.96 Å². The van der Waals surface area contributed by atoms with Crippen LogP contribution in [0.15, 0.2) is 23.2 Å². The van der Waals surface area contributed by atoms with Crippen molar-refractivity contribution in [2.24, 2.45) is 4.99 Å². The van der Waals surface area contributed by atoms with E-state index in [1.54, 1.807) is 12.0 Å². The summed E-state index contributed by atoms with van der Waals surface area (Å²) >= 11 is 0. The molecule has 7 heteroatoms. The van der Waals surface area contributed by atoms with Crippen molar-refractivity contribution in [1.29, 1.82) is 0 Å². The van der Waals surface area contributed by atoms with Crippen LogP contribution in [-0.4, -0.2) is 51.9 Å². The van der Waals surface area contributed by atoms with E-state index in [1.807, 2.05) is 6.92 Å². The van der Waals surface area contributed by atoms with Gasteiger partial charge >= 0.3 is 0 Å². The molecule has 0 saturated carbocycles. The van der Waals surface area contributed by atoms with Gasteiger partial charge in [-0.3, -0.25) is 4.99 Å². The molecule has 1 aromatic rings. The van der Waals surface area contributed by atoms with E-state index in [2.05, 4.69) is 15.6 Å². The molecule has 1 atom stereocenters. The van der Waals surface area contributed by atoms with Crippen LogP contribution in [0, 0.1) is 11.6 Å². The molecule has 0 bridgehead atoms. The molecule has 23 heavy (non-hydrogen) atoms. The van der Waals surface area contributed by atoms with E-state index in [-0.39, 0.29) is 11.7 Å². The normalized spacial score (nSPS) is 18.3. The summed E-state index contributed by atoms with van der Waals surface area (Å²) < 4.78 is 32.7. The molecule has 0 aromatic heterocycles. The number of guanidine groups is 1. The molecule has 2 rings (SSSR count). The minimum atomic E-state index is -0.522. The number of ether oxygens (including phenoxy) is 1. The standard InChI is InChI=1S/C16H24F2N4O/c1-3-19-16(20-8-10-23-2)21-12-7-9-22(11-12)15-13(17)5-4-6-14(15)18/h4-6,12H,3,7-11H2,1-2H3,(H2,19,20,21). The molecule has 0 spiro atoms. The molecular weight excluding hydrogens is 302 g/mol. The van der Waals surface area contributed by atoms with Crippen LogP contribution in [0.1, 0.15) is 13.3 Å². The number of anilines is 1. The van der Waals surface area contributed by atoms with Gasteiger partial charge in [0.2, 0.25) is 0 Å². The molecule has 0 aliphatic carbocycles. The van der Waals surface area contributed by atoms with Crippen molar-refractivity contribution in [3.8, 4) is 0 Å². The van der Waals surface area contributed by atoms with Gasteiger partial charge in [-0.15, -0.1) is 0 Å². The molecule has 1 aromatic carbocycles. The van der Waals surface area contributed by atoms with Crippen molar-refractivity contribution in [3.63, 3.8) is 0 Å². The van der Waals surface area contributed by atoms with Crippen molar-refractivity contribution in [2.75, 3.05) is 44.8 Å². The first kappa shape index (κ1) is 17.5. The lowest BCUT2D eigenvalue weighted by molar-refractivity contribution is 0.208. The number of nitrogens with one attached hydrogen (secondary N) is 2. The van der Waals surface area contributed by atoms with Crippen molar-refractivity contribution in [2.45, 2.75) is 19.4 Å². The molecule has 1 heterocycles. The second-order valence-corrected chi connectivity index (χ2v) is 5.40. The van der Waals surface area contributed by atoms with Crippen molar-refractivity contribution >= 4 is 11.6 Å². The molecule has 128 valence electrons. The minimum Gasteiger partial charge on any atom is -0.383 e. The first-order chi connectivity index (χ1) is 11.2. The largest absolute Gasteiger partial charge is 0.383 e. The zero-order valence-electron chi connectivity index (χ0n) is 13.6. The smallest absolute Gasteiger partial charge is 0.191 e. The van der Waals surface area contributed by atoms with Gasteiger partial charge in [0.05, 0.1) is 13.2 Å². The number of halogens is 2. The number of aliphatic imine (C=N–C) groups is 1. The number of benzene rings is 1. The first-order valence-corrected chi connectivity index (χ1v) is 7.88. The fraction of sp³-hybridized carbons (Fsp3) is 0.562. The number of hydrogen-bond acceptors (Lipinski definition) is 3. The lowest BCUT2D eigenvalue weighted by atomic mass is 10.2. The third kappa shape index (κ3) is 4.79. The maximum atomic E-state index is 13.9. The Kier molecular flexibility index (Phi) is 6.58. The second kappa shape index (κ2) is 8.67. The van der Waals surface area contributed by atoms with Crippen LogP contribution >= 0.6 is 0 Å². The Morgan fingerprint density at radius 3 is 2.78 bits per heavy atom. The predicted molar refractivity (Wildman–Crippen MR) is 88.0 cm³/mol. The SMILES string of the molecule is CCNC(=NCCOC)NC1CCN(c2c(F)cccc2F)C1. The highest BCUT2D eigenvalue weighted by atomic mass is 19.1. The Morgan fingerprint density at radius 2 is 2.13 bits per heavy atom. The maximum absolute atomic E-state index is 13.9. The Bertz CT molecular complexity index is 519. The quantitative estimate of drug-likeness (QED) is 0.475. The number of rotatable bonds is 6. The Labute approximate surface area is 135 Å². The molecule has 2 N–H and O–H groups in total. The Balaban J connectivity index is 1.97. The second-order valence-electron chi connectivity index (χ2n) is 5.40. The molecule has 1 saturated heterocycles. The van der Waals surface area contributed by atoms with Gasteiger partial charge in [-0.1, -0.05) is 6.07 Å². The van der Waals surface area contributed by atoms with E-state index < -0.39 is 11.6 Å². The van der Waals surface area contributed by atoms with Crippen molar-refractivity contribution in [1.82, 2.24) is 10.6 Å². The average Bonchev–Trinajstić information content (AvgIpc) is 2.95. The molecule has 0 amide bonds. The van der Waals surface area contributed by atoms with E-state index in [0.29, 0.717) is 32.2 Å². The van der Waals surface area contributed by atoms with Gasteiger partial charge in [-0.05, 0) is 25.5 Å². The molecule has 1 fully saturated rings. The maximum Gasteiger partial charge on any atom is 0.191 e. The highest BCUT2D eigenvalue weighted by Crippen LogP contribution is 2.26. The average molecular weight is 326 g/mol. The first-order valence-electron chi connectivity index (χ1n) is 7.88. The van der Waals surface area contributed by atoms with Crippen molar-refractivity contribution < 1.29 is 13.5 Å². The number of para-hydroxylation sites is 1. The molecule has 1 aliphatic rings. The Morgan fingerprint density at radius 1 is 1.39 bits per heavy atom.